The van der Waals surface area contributed by atoms with Crippen LogP contribution < -0.4 is 0 Å². The largest absolute Gasteiger partial charge is 0.334 e. The third-order valence-corrected chi connectivity index (χ3v) is 4.69. The first-order chi connectivity index (χ1) is 11.9. The van der Waals surface area contributed by atoms with E-state index in [0.717, 1.165) is 12.1 Å². The first kappa shape index (κ1) is 13.3. The normalized spacial score (nSPS) is 11.5. The number of benzene rings is 3. The van der Waals surface area contributed by atoms with Crippen LogP contribution in [-0.2, 0) is 6.54 Å². The quantitative estimate of drug-likeness (QED) is 0.427. The lowest BCUT2D eigenvalue weighted by molar-refractivity contribution is 0.871. The first-order valence-corrected chi connectivity index (χ1v) is 8.20. The van der Waals surface area contributed by atoms with Gasteiger partial charge in [0.25, 0.3) is 0 Å². The number of hydrogen-bond acceptors (Lipinski definition) is 1. The lowest BCUT2D eigenvalue weighted by Gasteiger charge is -2.09. The Bertz CT molecular complexity index is 1170. The molecule has 0 unspecified atom stereocenters. The maximum Gasteiger partial charge on any atom is 0.0945 e. The summed E-state index contributed by atoms with van der Waals surface area (Å²) in [6.45, 7) is 0.848. The van der Waals surface area contributed by atoms with Crippen LogP contribution >= 0.6 is 0 Å². The molecule has 0 N–H and O–H groups in total. The van der Waals surface area contributed by atoms with E-state index in [9.17, 15) is 0 Å². The highest BCUT2D eigenvalue weighted by molar-refractivity contribution is 6.16. The Morgan fingerprint density at radius 1 is 0.708 bits per heavy atom. The molecule has 0 bridgehead atoms. The molecule has 0 spiro atoms. The molecule has 2 heterocycles. The van der Waals surface area contributed by atoms with Gasteiger partial charge in [-0.05, 0) is 17.7 Å². The van der Waals surface area contributed by atoms with Crippen LogP contribution in [0.25, 0.3) is 32.7 Å². The molecule has 0 atom stereocenters. The van der Waals surface area contributed by atoms with Gasteiger partial charge < -0.3 is 4.57 Å². The molecule has 3 aromatic carbocycles. The zero-order valence-electron chi connectivity index (χ0n) is 13.2. The minimum Gasteiger partial charge on any atom is -0.334 e. The van der Waals surface area contributed by atoms with Crippen LogP contribution in [-0.4, -0.2) is 9.55 Å². The Hall–Kier alpha value is -3.13. The van der Waals surface area contributed by atoms with Crippen LogP contribution in [0, 0.1) is 0 Å². The number of fused-ring (bicyclic) bond motifs is 5. The van der Waals surface area contributed by atoms with Gasteiger partial charge in [-0.1, -0.05) is 66.7 Å². The highest BCUT2D eigenvalue weighted by Crippen LogP contribution is 2.33. The van der Waals surface area contributed by atoms with E-state index in [4.69, 9.17) is 0 Å². The first-order valence-electron chi connectivity index (χ1n) is 8.20. The predicted octanol–water partition coefficient (Wildman–Crippen LogP) is 5.39. The molecule has 5 aromatic rings. The Balaban J connectivity index is 1.92. The summed E-state index contributed by atoms with van der Waals surface area (Å²) in [4.78, 5) is 4.69. The maximum atomic E-state index is 4.69. The molecule has 0 aliphatic rings. The maximum absolute atomic E-state index is 4.69. The van der Waals surface area contributed by atoms with Crippen molar-refractivity contribution < 1.29 is 0 Å². The van der Waals surface area contributed by atoms with Crippen LogP contribution in [0.15, 0.2) is 85.1 Å². The number of hydrogen-bond donors (Lipinski definition) is 0. The molecular weight excluding hydrogens is 292 g/mol. The molecule has 0 amide bonds. The van der Waals surface area contributed by atoms with Crippen LogP contribution in [0.3, 0.4) is 0 Å². The minimum atomic E-state index is 0.848. The van der Waals surface area contributed by atoms with E-state index < -0.39 is 0 Å². The molecule has 2 heteroatoms. The summed E-state index contributed by atoms with van der Waals surface area (Å²) in [6.07, 6.45) is 1.88. The van der Waals surface area contributed by atoms with Crippen LogP contribution in [0.4, 0.5) is 0 Å². The van der Waals surface area contributed by atoms with Gasteiger partial charge >= 0.3 is 0 Å². The van der Waals surface area contributed by atoms with Crippen LogP contribution in [0.1, 0.15) is 5.56 Å². The van der Waals surface area contributed by atoms with Gasteiger partial charge in [-0.3, -0.25) is 4.98 Å². The second-order valence-corrected chi connectivity index (χ2v) is 6.13. The van der Waals surface area contributed by atoms with E-state index in [1.54, 1.807) is 0 Å². The summed E-state index contributed by atoms with van der Waals surface area (Å²) in [5, 5.41) is 3.74. The summed E-state index contributed by atoms with van der Waals surface area (Å²) in [5.41, 5.74) is 4.85. The lowest BCUT2D eigenvalue weighted by Crippen LogP contribution is -2.00. The Kier molecular flexibility index (Phi) is 2.89. The smallest absolute Gasteiger partial charge is 0.0945 e. The topological polar surface area (TPSA) is 17.8 Å². The molecule has 0 aliphatic heterocycles. The molecule has 0 radical (unpaired) electrons. The molecule has 24 heavy (non-hydrogen) atoms. The highest BCUT2D eigenvalue weighted by Gasteiger charge is 2.13. The van der Waals surface area contributed by atoms with Crippen molar-refractivity contribution in [2.45, 2.75) is 6.54 Å². The fraction of sp³-hybridized carbons (Fsp3) is 0.0455. The lowest BCUT2D eigenvalue weighted by atomic mass is 10.1. The van der Waals surface area contributed by atoms with Crippen molar-refractivity contribution in [3.05, 3.63) is 90.6 Å². The summed E-state index contributed by atoms with van der Waals surface area (Å²) in [5.74, 6) is 0. The number of pyridine rings is 1. The number of para-hydroxylation sites is 1. The van der Waals surface area contributed by atoms with Gasteiger partial charge in [0, 0.05) is 34.4 Å². The zero-order valence-corrected chi connectivity index (χ0v) is 13.2. The van der Waals surface area contributed by atoms with Gasteiger partial charge in [0.15, 0.2) is 0 Å². The van der Waals surface area contributed by atoms with Gasteiger partial charge in [0.1, 0.15) is 0 Å². The standard InChI is InChI=1S/C22H16N2/c1-2-7-16(8-3-1)15-24-20-11-5-4-10-18(20)19-13-12-17-9-6-14-23-21(17)22(19)24/h1-14H,15H2. The predicted molar refractivity (Wildman–Crippen MR) is 100 cm³/mol. The van der Waals surface area contributed by atoms with Gasteiger partial charge in [0.2, 0.25) is 0 Å². The van der Waals surface area contributed by atoms with E-state index in [-0.39, 0.29) is 0 Å². The molecule has 114 valence electrons. The second kappa shape index (κ2) is 5.20. The van der Waals surface area contributed by atoms with E-state index in [1.807, 2.05) is 12.3 Å². The van der Waals surface area contributed by atoms with Crippen molar-refractivity contribution in [2.75, 3.05) is 0 Å². The molecule has 5 rings (SSSR count). The average molecular weight is 308 g/mol. The van der Waals surface area contributed by atoms with E-state index in [0.29, 0.717) is 0 Å². The summed E-state index contributed by atoms with van der Waals surface area (Å²) in [7, 11) is 0. The number of nitrogens with zero attached hydrogens (tertiary/aromatic N) is 2. The Morgan fingerprint density at radius 3 is 2.46 bits per heavy atom. The average Bonchev–Trinajstić information content (AvgIpc) is 2.97. The molecule has 0 saturated carbocycles. The van der Waals surface area contributed by atoms with Crippen LogP contribution in [0.2, 0.25) is 0 Å². The molecule has 0 fully saturated rings. The fourth-order valence-electron chi connectivity index (χ4n) is 3.61. The molecule has 0 saturated heterocycles. The van der Waals surface area contributed by atoms with Crippen molar-refractivity contribution in [1.82, 2.24) is 9.55 Å². The summed E-state index contributed by atoms with van der Waals surface area (Å²) in [6, 6.07) is 27.8. The zero-order chi connectivity index (χ0) is 15.9. The third-order valence-electron chi connectivity index (χ3n) is 4.69. The van der Waals surface area contributed by atoms with Crippen LogP contribution in [0.5, 0.6) is 0 Å². The SMILES string of the molecule is c1ccc(Cn2c3ccccc3c3ccc4cccnc4c32)cc1. The van der Waals surface area contributed by atoms with E-state index in [1.165, 1.54) is 32.8 Å². The second-order valence-electron chi connectivity index (χ2n) is 6.13. The van der Waals surface area contributed by atoms with Gasteiger partial charge in [0.05, 0.1) is 11.0 Å². The van der Waals surface area contributed by atoms with Crippen molar-refractivity contribution in [3.8, 4) is 0 Å². The van der Waals surface area contributed by atoms with E-state index >= 15 is 0 Å². The molecule has 2 aromatic heterocycles. The highest BCUT2D eigenvalue weighted by atomic mass is 15.0. The number of aromatic nitrogens is 2. The summed E-state index contributed by atoms with van der Waals surface area (Å²) >= 11 is 0. The Labute approximate surface area is 140 Å². The van der Waals surface area contributed by atoms with Crippen molar-refractivity contribution >= 4 is 32.7 Å². The molecule has 0 aliphatic carbocycles. The van der Waals surface area contributed by atoms with Gasteiger partial charge in [-0.15, -0.1) is 0 Å². The van der Waals surface area contributed by atoms with Crippen molar-refractivity contribution in [1.29, 1.82) is 0 Å². The van der Waals surface area contributed by atoms with Crippen molar-refractivity contribution in [2.24, 2.45) is 0 Å². The molecule has 2 nitrogen and oxygen atoms in total. The monoisotopic (exact) mass is 308 g/mol. The number of rotatable bonds is 2. The van der Waals surface area contributed by atoms with Gasteiger partial charge in [-0.25, -0.2) is 0 Å². The molecular formula is C22H16N2. The summed E-state index contributed by atoms with van der Waals surface area (Å²) < 4.78 is 2.40. The Morgan fingerprint density at radius 2 is 1.54 bits per heavy atom. The third kappa shape index (κ3) is 1.93. The van der Waals surface area contributed by atoms with Gasteiger partial charge in [-0.2, -0.15) is 0 Å². The minimum absolute atomic E-state index is 0.848. The van der Waals surface area contributed by atoms with Crippen molar-refractivity contribution in [3.63, 3.8) is 0 Å². The fourth-order valence-corrected chi connectivity index (χ4v) is 3.61. The van der Waals surface area contributed by atoms with E-state index in [2.05, 4.69) is 82.3 Å².